The normalized spacial score (nSPS) is 13.4. The van der Waals surface area contributed by atoms with Gasteiger partial charge in [-0.05, 0) is 23.8 Å². The van der Waals surface area contributed by atoms with Gasteiger partial charge in [-0.3, -0.25) is 0 Å². The van der Waals surface area contributed by atoms with E-state index >= 15 is 0 Å². The molecule has 94 valence electrons. The lowest BCUT2D eigenvalue weighted by molar-refractivity contribution is -0.115. The van der Waals surface area contributed by atoms with Crippen LogP contribution in [0.3, 0.4) is 0 Å². The Morgan fingerprint density at radius 1 is 1.35 bits per heavy atom. The molecule has 1 rings (SSSR count). The molecule has 0 spiro atoms. The summed E-state index contributed by atoms with van der Waals surface area (Å²) in [7, 11) is 0. The third-order valence-corrected chi connectivity index (χ3v) is 2.87. The summed E-state index contributed by atoms with van der Waals surface area (Å²) < 4.78 is 5.39. The highest BCUT2D eigenvalue weighted by Crippen LogP contribution is 2.24. The predicted molar refractivity (Wildman–Crippen MR) is 70.4 cm³/mol. The molecule has 1 aromatic carbocycles. The highest BCUT2D eigenvalue weighted by atomic mass is 16.6. The van der Waals surface area contributed by atoms with E-state index in [1.54, 1.807) is 0 Å². The summed E-state index contributed by atoms with van der Waals surface area (Å²) in [4.78, 5) is 0. The average molecular weight is 234 g/mol. The van der Waals surface area contributed by atoms with E-state index in [0.29, 0.717) is 13.0 Å². The Morgan fingerprint density at radius 3 is 2.59 bits per heavy atom. The van der Waals surface area contributed by atoms with Crippen molar-refractivity contribution < 1.29 is 9.84 Å². The van der Waals surface area contributed by atoms with Crippen molar-refractivity contribution in [3.63, 3.8) is 0 Å². The third-order valence-electron chi connectivity index (χ3n) is 2.87. The van der Waals surface area contributed by atoms with Crippen LogP contribution in [0.4, 0.5) is 0 Å². The highest BCUT2D eigenvalue weighted by molar-refractivity contribution is 5.13. The van der Waals surface area contributed by atoms with Crippen molar-refractivity contribution in [2.75, 3.05) is 0 Å². The lowest BCUT2D eigenvalue weighted by Gasteiger charge is -2.21. The standard InChI is InChI=1S/C15H22O2/c1-4-15(2,3)11-10-14(16)17-12-13-8-6-5-7-9-13/h4-9,14,16H,1,10-12H2,2-3H3/t14-/m1/s1. The van der Waals surface area contributed by atoms with E-state index in [2.05, 4.69) is 20.4 Å². The maximum absolute atomic E-state index is 9.71. The number of ether oxygens (including phenoxy) is 1. The lowest BCUT2D eigenvalue weighted by atomic mass is 9.88. The van der Waals surface area contributed by atoms with Gasteiger partial charge in [0, 0.05) is 0 Å². The molecule has 0 radical (unpaired) electrons. The summed E-state index contributed by atoms with van der Waals surface area (Å²) in [5, 5.41) is 9.71. The Balaban J connectivity index is 2.26. The summed E-state index contributed by atoms with van der Waals surface area (Å²) in [6.07, 6.45) is 2.71. The van der Waals surface area contributed by atoms with Crippen LogP contribution < -0.4 is 0 Å². The molecule has 0 aliphatic carbocycles. The van der Waals surface area contributed by atoms with Gasteiger partial charge in [-0.25, -0.2) is 0 Å². The van der Waals surface area contributed by atoms with Crippen molar-refractivity contribution in [1.29, 1.82) is 0 Å². The van der Waals surface area contributed by atoms with Crippen LogP contribution in [0.5, 0.6) is 0 Å². The van der Waals surface area contributed by atoms with E-state index in [9.17, 15) is 5.11 Å². The quantitative estimate of drug-likeness (QED) is 0.578. The first kappa shape index (κ1) is 13.9. The summed E-state index contributed by atoms with van der Waals surface area (Å²) in [6.45, 7) is 8.44. The van der Waals surface area contributed by atoms with Crippen molar-refractivity contribution in [2.24, 2.45) is 5.41 Å². The van der Waals surface area contributed by atoms with Gasteiger partial charge >= 0.3 is 0 Å². The number of aliphatic hydroxyl groups excluding tert-OH is 1. The zero-order valence-corrected chi connectivity index (χ0v) is 10.7. The van der Waals surface area contributed by atoms with Crippen molar-refractivity contribution in [2.45, 2.75) is 39.6 Å². The smallest absolute Gasteiger partial charge is 0.155 e. The van der Waals surface area contributed by atoms with Gasteiger partial charge in [0.25, 0.3) is 0 Å². The fraction of sp³-hybridized carbons (Fsp3) is 0.467. The largest absolute Gasteiger partial charge is 0.368 e. The number of benzene rings is 1. The Morgan fingerprint density at radius 2 is 2.00 bits per heavy atom. The highest BCUT2D eigenvalue weighted by Gasteiger charge is 2.15. The molecule has 0 aliphatic rings. The molecular formula is C15H22O2. The molecule has 1 atom stereocenters. The molecular weight excluding hydrogens is 212 g/mol. The summed E-state index contributed by atoms with van der Waals surface area (Å²) in [5.41, 5.74) is 1.13. The van der Waals surface area contributed by atoms with E-state index in [4.69, 9.17) is 4.74 Å². The minimum absolute atomic E-state index is 0.0527. The van der Waals surface area contributed by atoms with Gasteiger partial charge in [0.05, 0.1) is 6.61 Å². The molecule has 0 aromatic heterocycles. The molecule has 2 nitrogen and oxygen atoms in total. The van der Waals surface area contributed by atoms with Crippen LogP contribution in [0, 0.1) is 5.41 Å². The molecule has 1 N–H and O–H groups in total. The van der Waals surface area contributed by atoms with Gasteiger partial charge in [-0.15, -0.1) is 6.58 Å². The maximum atomic E-state index is 9.71. The van der Waals surface area contributed by atoms with Crippen LogP contribution >= 0.6 is 0 Å². The molecule has 0 aliphatic heterocycles. The number of hydrogen-bond acceptors (Lipinski definition) is 2. The van der Waals surface area contributed by atoms with E-state index < -0.39 is 6.29 Å². The number of hydrogen-bond donors (Lipinski definition) is 1. The van der Waals surface area contributed by atoms with Crippen molar-refractivity contribution in [3.8, 4) is 0 Å². The summed E-state index contributed by atoms with van der Waals surface area (Å²) in [5.74, 6) is 0. The second-order valence-electron chi connectivity index (χ2n) is 4.98. The number of allylic oxidation sites excluding steroid dienone is 1. The fourth-order valence-corrected chi connectivity index (χ4v) is 1.45. The Labute approximate surface area is 104 Å². The van der Waals surface area contributed by atoms with Gasteiger partial charge in [-0.1, -0.05) is 50.3 Å². The molecule has 2 heteroatoms. The first-order valence-corrected chi connectivity index (χ1v) is 6.01. The van der Waals surface area contributed by atoms with Crippen LogP contribution in [-0.4, -0.2) is 11.4 Å². The Kier molecular flexibility index (Phi) is 5.39. The molecule has 0 saturated carbocycles. The second kappa shape index (κ2) is 6.58. The van der Waals surface area contributed by atoms with Gasteiger partial charge in [-0.2, -0.15) is 0 Å². The van der Waals surface area contributed by atoms with Gasteiger partial charge in [0.1, 0.15) is 0 Å². The number of aliphatic hydroxyl groups is 1. The SMILES string of the molecule is C=CC(C)(C)CC[C@H](O)OCc1ccccc1. The van der Waals surface area contributed by atoms with Crippen molar-refractivity contribution >= 4 is 0 Å². The zero-order valence-electron chi connectivity index (χ0n) is 10.7. The topological polar surface area (TPSA) is 29.5 Å². The van der Waals surface area contributed by atoms with E-state index in [1.807, 2.05) is 36.4 Å². The van der Waals surface area contributed by atoms with Crippen LogP contribution in [0.25, 0.3) is 0 Å². The third kappa shape index (κ3) is 5.66. The van der Waals surface area contributed by atoms with E-state index in [0.717, 1.165) is 12.0 Å². The molecule has 1 aromatic rings. The van der Waals surface area contributed by atoms with Gasteiger partial charge < -0.3 is 9.84 Å². The number of rotatable bonds is 7. The predicted octanol–water partition coefficient (Wildman–Crippen LogP) is 3.51. The lowest BCUT2D eigenvalue weighted by Crippen LogP contribution is -2.16. The molecule has 0 amide bonds. The minimum atomic E-state index is -0.700. The maximum Gasteiger partial charge on any atom is 0.155 e. The van der Waals surface area contributed by atoms with Crippen LogP contribution in [0.1, 0.15) is 32.3 Å². The molecule has 0 saturated heterocycles. The van der Waals surface area contributed by atoms with E-state index in [-0.39, 0.29) is 5.41 Å². The van der Waals surface area contributed by atoms with Crippen LogP contribution in [0.2, 0.25) is 0 Å². The summed E-state index contributed by atoms with van der Waals surface area (Å²) in [6, 6.07) is 9.87. The molecule has 0 fully saturated rings. The van der Waals surface area contributed by atoms with Gasteiger partial charge in [0.2, 0.25) is 0 Å². The molecule has 0 unspecified atom stereocenters. The van der Waals surface area contributed by atoms with Crippen molar-refractivity contribution in [3.05, 3.63) is 48.6 Å². The van der Waals surface area contributed by atoms with Crippen LogP contribution in [0.15, 0.2) is 43.0 Å². The fourth-order valence-electron chi connectivity index (χ4n) is 1.45. The molecule has 0 bridgehead atoms. The first-order valence-electron chi connectivity index (χ1n) is 6.01. The zero-order chi connectivity index (χ0) is 12.7. The summed E-state index contributed by atoms with van der Waals surface area (Å²) >= 11 is 0. The molecule has 0 heterocycles. The first-order chi connectivity index (χ1) is 8.03. The van der Waals surface area contributed by atoms with Crippen molar-refractivity contribution in [1.82, 2.24) is 0 Å². The minimum Gasteiger partial charge on any atom is -0.368 e. The van der Waals surface area contributed by atoms with Gasteiger partial charge in [0.15, 0.2) is 6.29 Å². The average Bonchev–Trinajstić information content (AvgIpc) is 2.35. The second-order valence-corrected chi connectivity index (χ2v) is 4.98. The monoisotopic (exact) mass is 234 g/mol. The Bertz CT molecular complexity index is 330. The Hall–Kier alpha value is -1.12. The van der Waals surface area contributed by atoms with Crippen LogP contribution in [-0.2, 0) is 11.3 Å². The molecule has 17 heavy (non-hydrogen) atoms. The van der Waals surface area contributed by atoms with E-state index in [1.165, 1.54) is 0 Å².